The van der Waals surface area contributed by atoms with Crippen LogP contribution < -0.4 is 10.1 Å². The van der Waals surface area contributed by atoms with E-state index in [0.29, 0.717) is 16.7 Å². The van der Waals surface area contributed by atoms with E-state index in [9.17, 15) is 19.2 Å². The summed E-state index contributed by atoms with van der Waals surface area (Å²) in [5.41, 5.74) is 0.140. The Hall–Kier alpha value is -3.88. The van der Waals surface area contributed by atoms with Crippen molar-refractivity contribution in [2.45, 2.75) is 65.2 Å². The second-order valence-corrected chi connectivity index (χ2v) is 10.0. The summed E-state index contributed by atoms with van der Waals surface area (Å²) in [5, 5.41) is 2.52. The summed E-state index contributed by atoms with van der Waals surface area (Å²) in [4.78, 5) is 48.9. The fourth-order valence-electron chi connectivity index (χ4n) is 3.02. The molecule has 1 atom stereocenters. The van der Waals surface area contributed by atoms with Crippen LogP contribution in [-0.4, -0.2) is 48.4 Å². The molecule has 0 aliphatic rings. The molecule has 0 aliphatic heterocycles. The lowest BCUT2D eigenvalue weighted by Gasteiger charge is -2.22. The molecule has 2 aromatic carbocycles. The molecule has 0 fully saturated rings. The van der Waals surface area contributed by atoms with E-state index < -0.39 is 35.5 Å². The van der Waals surface area contributed by atoms with Gasteiger partial charge in [0.1, 0.15) is 23.0 Å². The third kappa shape index (κ3) is 9.40. The van der Waals surface area contributed by atoms with Gasteiger partial charge in [-0.1, -0.05) is 24.3 Å². The number of methoxy groups -OCH3 is 1. The largest absolute Gasteiger partial charge is 0.514 e. The number of esters is 1. The van der Waals surface area contributed by atoms with Gasteiger partial charge in [-0.25, -0.2) is 14.4 Å². The lowest BCUT2D eigenvalue weighted by Crippen LogP contribution is -2.45. The molecule has 1 amide bonds. The average molecular weight is 500 g/mol. The number of benzene rings is 2. The topological polar surface area (TPSA) is 117 Å². The first-order valence-electron chi connectivity index (χ1n) is 11.4. The summed E-state index contributed by atoms with van der Waals surface area (Å²) < 4.78 is 20.2. The van der Waals surface area contributed by atoms with Gasteiger partial charge in [0, 0.05) is 17.5 Å². The fraction of sp³-hybridized carbons (Fsp3) is 0.407. The molecular formula is C27H33NO8. The van der Waals surface area contributed by atoms with Gasteiger partial charge in [-0.3, -0.25) is 4.79 Å². The number of ketones is 1. The number of carbonyl (C=O) groups excluding carboxylic acids is 4. The minimum Gasteiger partial charge on any atom is -0.467 e. The molecule has 9 heteroatoms. The average Bonchev–Trinajstić information content (AvgIpc) is 2.76. The summed E-state index contributed by atoms with van der Waals surface area (Å²) in [6.45, 7) is 10.3. The molecule has 0 radical (unpaired) electrons. The zero-order valence-corrected chi connectivity index (χ0v) is 21.7. The highest BCUT2D eigenvalue weighted by Crippen LogP contribution is 2.18. The SMILES string of the molecule is COC(=O)[C@H](Cc1ccc(C(=O)c2ccc(OC(=O)OC(C)(C)C)cc2)cc1)NC(=O)OC(C)(C)C. The van der Waals surface area contributed by atoms with Gasteiger partial charge in [-0.05, 0) is 71.4 Å². The molecule has 9 nitrogen and oxygen atoms in total. The summed E-state index contributed by atoms with van der Waals surface area (Å²) in [7, 11) is 1.23. The summed E-state index contributed by atoms with van der Waals surface area (Å²) in [6, 6.07) is 11.8. The smallest absolute Gasteiger partial charge is 0.467 e. The van der Waals surface area contributed by atoms with E-state index in [2.05, 4.69) is 5.32 Å². The molecular weight excluding hydrogens is 466 g/mol. The van der Waals surface area contributed by atoms with Crippen LogP contribution in [0.5, 0.6) is 5.75 Å². The maximum absolute atomic E-state index is 12.9. The Kier molecular flexibility index (Phi) is 9.22. The fourth-order valence-corrected chi connectivity index (χ4v) is 3.02. The van der Waals surface area contributed by atoms with Crippen LogP contribution in [0.4, 0.5) is 9.59 Å². The van der Waals surface area contributed by atoms with Gasteiger partial charge in [0.15, 0.2) is 5.78 Å². The molecule has 0 aliphatic carbocycles. The maximum atomic E-state index is 12.9. The normalized spacial score (nSPS) is 12.2. The van der Waals surface area contributed by atoms with Crippen LogP contribution >= 0.6 is 0 Å². The number of hydrogen-bond donors (Lipinski definition) is 1. The van der Waals surface area contributed by atoms with Crippen molar-refractivity contribution in [3.63, 3.8) is 0 Å². The maximum Gasteiger partial charge on any atom is 0.514 e. The van der Waals surface area contributed by atoms with E-state index in [1.807, 2.05) is 0 Å². The zero-order chi connectivity index (χ0) is 27.1. The van der Waals surface area contributed by atoms with Crippen molar-refractivity contribution in [1.29, 1.82) is 0 Å². The lowest BCUT2D eigenvalue weighted by molar-refractivity contribution is -0.143. The molecule has 36 heavy (non-hydrogen) atoms. The second kappa shape index (κ2) is 11.7. The minimum absolute atomic E-state index is 0.150. The van der Waals surface area contributed by atoms with E-state index in [-0.39, 0.29) is 18.0 Å². The van der Waals surface area contributed by atoms with Crippen molar-refractivity contribution in [2.24, 2.45) is 0 Å². The van der Waals surface area contributed by atoms with Gasteiger partial charge in [0.25, 0.3) is 0 Å². The highest BCUT2D eigenvalue weighted by atomic mass is 16.7. The Morgan fingerprint density at radius 3 is 1.75 bits per heavy atom. The molecule has 2 aromatic rings. The van der Waals surface area contributed by atoms with Crippen molar-refractivity contribution in [3.05, 3.63) is 65.2 Å². The Balaban J connectivity index is 2.05. The van der Waals surface area contributed by atoms with Crippen LogP contribution in [-0.2, 0) is 25.4 Å². The van der Waals surface area contributed by atoms with Crippen LogP contribution in [0, 0.1) is 0 Å². The standard InChI is InChI=1S/C27H33NO8/c1-26(2,3)35-24(31)28-21(23(30)33-7)16-17-8-10-18(11-9-17)22(29)19-12-14-20(15-13-19)34-25(32)36-27(4,5)6/h8-15,21H,16H2,1-7H3,(H,28,31)/t21-/m0/s1. The number of amides is 1. The molecule has 0 bridgehead atoms. The number of ether oxygens (including phenoxy) is 4. The third-order valence-corrected chi connectivity index (χ3v) is 4.54. The summed E-state index contributed by atoms with van der Waals surface area (Å²) in [5.74, 6) is -0.598. The first kappa shape index (κ1) is 28.4. The first-order valence-corrected chi connectivity index (χ1v) is 11.4. The minimum atomic E-state index is -0.955. The summed E-state index contributed by atoms with van der Waals surface area (Å²) in [6.07, 6.45) is -1.41. The van der Waals surface area contributed by atoms with E-state index >= 15 is 0 Å². The number of nitrogens with one attached hydrogen (secondary N) is 1. The number of rotatable bonds is 7. The van der Waals surface area contributed by atoms with Gasteiger partial charge >= 0.3 is 18.2 Å². The predicted octanol–water partition coefficient (Wildman–Crippen LogP) is 4.84. The molecule has 1 N–H and O–H groups in total. The number of alkyl carbamates (subject to hydrolysis) is 1. The van der Waals surface area contributed by atoms with Crippen LogP contribution in [0.2, 0.25) is 0 Å². The van der Waals surface area contributed by atoms with Crippen LogP contribution in [0.15, 0.2) is 48.5 Å². The van der Waals surface area contributed by atoms with Crippen molar-refractivity contribution in [2.75, 3.05) is 7.11 Å². The van der Waals surface area contributed by atoms with Gasteiger partial charge < -0.3 is 24.3 Å². The van der Waals surface area contributed by atoms with Gasteiger partial charge in [0.05, 0.1) is 7.11 Å². The van der Waals surface area contributed by atoms with E-state index in [0.717, 1.165) is 0 Å². The molecule has 0 unspecified atom stereocenters. The molecule has 194 valence electrons. The van der Waals surface area contributed by atoms with Gasteiger partial charge in [0.2, 0.25) is 0 Å². The monoisotopic (exact) mass is 499 g/mol. The van der Waals surface area contributed by atoms with Crippen LogP contribution in [0.3, 0.4) is 0 Å². The Morgan fingerprint density at radius 2 is 1.28 bits per heavy atom. The molecule has 0 saturated carbocycles. The van der Waals surface area contributed by atoms with E-state index in [4.69, 9.17) is 18.9 Å². The van der Waals surface area contributed by atoms with Gasteiger partial charge in [-0.15, -0.1) is 0 Å². The van der Waals surface area contributed by atoms with E-state index in [1.54, 1.807) is 77.9 Å². The second-order valence-electron chi connectivity index (χ2n) is 10.0. The Labute approximate surface area is 211 Å². The number of hydrogen-bond acceptors (Lipinski definition) is 8. The summed E-state index contributed by atoms with van der Waals surface area (Å²) >= 11 is 0. The van der Waals surface area contributed by atoms with Gasteiger partial charge in [-0.2, -0.15) is 0 Å². The quantitative estimate of drug-likeness (QED) is 0.249. The third-order valence-electron chi connectivity index (χ3n) is 4.54. The number of carbonyl (C=O) groups is 4. The molecule has 0 aromatic heterocycles. The Bertz CT molecular complexity index is 1080. The molecule has 0 saturated heterocycles. The zero-order valence-electron chi connectivity index (χ0n) is 21.7. The van der Waals surface area contributed by atoms with Crippen molar-refractivity contribution >= 4 is 24.0 Å². The van der Waals surface area contributed by atoms with Crippen molar-refractivity contribution < 1.29 is 38.1 Å². The van der Waals surface area contributed by atoms with Crippen molar-refractivity contribution in [1.82, 2.24) is 5.32 Å². The lowest BCUT2D eigenvalue weighted by atomic mass is 9.99. The van der Waals surface area contributed by atoms with Crippen LogP contribution in [0.1, 0.15) is 63.0 Å². The highest BCUT2D eigenvalue weighted by Gasteiger charge is 2.25. The molecule has 0 heterocycles. The molecule has 0 spiro atoms. The Morgan fingerprint density at radius 1 is 0.778 bits per heavy atom. The highest BCUT2D eigenvalue weighted by molar-refractivity contribution is 6.09. The van der Waals surface area contributed by atoms with Crippen molar-refractivity contribution in [3.8, 4) is 5.75 Å². The predicted molar refractivity (Wildman–Crippen MR) is 132 cm³/mol. The van der Waals surface area contributed by atoms with Crippen LogP contribution in [0.25, 0.3) is 0 Å². The first-order chi connectivity index (χ1) is 16.7. The molecule has 2 rings (SSSR count). The van der Waals surface area contributed by atoms with E-state index in [1.165, 1.54) is 19.2 Å².